The Morgan fingerprint density at radius 2 is 2.06 bits per heavy atom. The van der Waals surface area contributed by atoms with Crippen LogP contribution in [0.1, 0.15) is 38.5 Å². The molecular weight excluding hydrogens is 286 g/mol. The minimum atomic E-state index is -0.722. The molecule has 1 unspecified atom stereocenters. The van der Waals surface area contributed by atoms with Crippen molar-refractivity contribution in [1.82, 2.24) is 4.90 Å². The first-order valence-electron chi connectivity index (χ1n) is 6.19. The maximum absolute atomic E-state index is 11.6. The third-order valence-corrected chi connectivity index (χ3v) is 4.00. The maximum Gasteiger partial charge on any atom is 0.303 e. The minimum Gasteiger partial charge on any atom is -0.481 e. The molecule has 0 aromatic heterocycles. The lowest BCUT2D eigenvalue weighted by Crippen LogP contribution is -2.26. The normalized spacial score (nSPS) is 19.9. The van der Waals surface area contributed by atoms with Crippen molar-refractivity contribution in [2.45, 2.75) is 38.5 Å². The summed E-state index contributed by atoms with van der Waals surface area (Å²) in [6, 6.07) is 0. The highest BCUT2D eigenvalue weighted by atomic mass is 79.9. The highest BCUT2D eigenvalue weighted by Gasteiger charge is 2.27. The van der Waals surface area contributed by atoms with E-state index in [0.717, 1.165) is 44.1 Å². The first-order valence-corrected chi connectivity index (χ1v) is 7.31. The Labute approximate surface area is 110 Å². The molecule has 1 saturated heterocycles. The number of nitrogens with zero attached hydrogens (tertiary/aromatic N) is 1. The Kier molecular flexibility index (Phi) is 6.55. The van der Waals surface area contributed by atoms with Crippen molar-refractivity contribution in [2.75, 3.05) is 18.4 Å². The van der Waals surface area contributed by atoms with Gasteiger partial charge in [-0.1, -0.05) is 28.8 Å². The molecule has 0 saturated carbocycles. The van der Waals surface area contributed by atoms with Gasteiger partial charge in [0.25, 0.3) is 0 Å². The molecule has 1 atom stereocenters. The van der Waals surface area contributed by atoms with Gasteiger partial charge in [0.1, 0.15) is 0 Å². The lowest BCUT2D eigenvalue weighted by molar-refractivity contribution is -0.137. The van der Waals surface area contributed by atoms with Crippen molar-refractivity contribution in [2.24, 2.45) is 5.92 Å². The van der Waals surface area contributed by atoms with Crippen molar-refractivity contribution in [3.63, 3.8) is 0 Å². The Balaban J connectivity index is 2.03. The van der Waals surface area contributed by atoms with Crippen LogP contribution >= 0.6 is 15.9 Å². The summed E-state index contributed by atoms with van der Waals surface area (Å²) in [6.45, 7) is 1.70. The summed E-state index contributed by atoms with van der Waals surface area (Å²) >= 11 is 3.41. The SMILES string of the molecule is O=C(O)CCCCCCN1CC(CBr)CC1=O. The first-order chi connectivity index (χ1) is 8.13. The van der Waals surface area contributed by atoms with Gasteiger partial charge in [-0.25, -0.2) is 0 Å². The zero-order valence-corrected chi connectivity index (χ0v) is 11.6. The van der Waals surface area contributed by atoms with Crippen LogP contribution in [0.4, 0.5) is 0 Å². The Morgan fingerprint density at radius 3 is 2.65 bits per heavy atom. The van der Waals surface area contributed by atoms with Crippen LogP contribution in [0.2, 0.25) is 0 Å². The van der Waals surface area contributed by atoms with E-state index in [1.807, 2.05) is 4.90 Å². The monoisotopic (exact) mass is 305 g/mol. The number of aliphatic carboxylic acids is 1. The second-order valence-corrected chi connectivity index (χ2v) is 5.27. The predicted octanol–water partition coefficient (Wildman–Crippen LogP) is 2.26. The van der Waals surface area contributed by atoms with Gasteiger partial charge in [0.15, 0.2) is 0 Å². The molecule has 1 aliphatic rings. The van der Waals surface area contributed by atoms with E-state index in [1.54, 1.807) is 0 Å². The molecule has 1 aliphatic heterocycles. The number of halogens is 1. The van der Waals surface area contributed by atoms with Crippen LogP contribution in [0.15, 0.2) is 0 Å². The van der Waals surface area contributed by atoms with E-state index < -0.39 is 5.97 Å². The zero-order valence-electron chi connectivity index (χ0n) is 10.0. The van der Waals surface area contributed by atoms with Crippen molar-refractivity contribution >= 4 is 27.8 Å². The quantitative estimate of drug-likeness (QED) is 0.553. The molecule has 0 aliphatic carbocycles. The molecule has 0 aromatic rings. The lowest BCUT2D eigenvalue weighted by Gasteiger charge is -2.15. The number of alkyl halides is 1. The van der Waals surface area contributed by atoms with Crippen LogP contribution in [0.5, 0.6) is 0 Å². The number of hydrogen-bond acceptors (Lipinski definition) is 2. The summed E-state index contributed by atoms with van der Waals surface area (Å²) < 4.78 is 0. The van der Waals surface area contributed by atoms with Gasteiger partial charge in [-0.3, -0.25) is 9.59 Å². The highest BCUT2D eigenvalue weighted by Crippen LogP contribution is 2.20. The van der Waals surface area contributed by atoms with Crippen LogP contribution in [0.25, 0.3) is 0 Å². The van der Waals surface area contributed by atoms with E-state index in [4.69, 9.17) is 5.11 Å². The average molecular weight is 306 g/mol. The summed E-state index contributed by atoms with van der Waals surface area (Å²) in [6.07, 6.45) is 4.61. The van der Waals surface area contributed by atoms with Gasteiger partial charge in [-0.15, -0.1) is 0 Å². The summed E-state index contributed by atoms with van der Waals surface area (Å²) in [5, 5.41) is 9.37. The number of carboxylic acid groups (broad SMARTS) is 1. The van der Waals surface area contributed by atoms with Gasteiger partial charge in [-0.2, -0.15) is 0 Å². The molecule has 1 rings (SSSR count). The fourth-order valence-corrected chi connectivity index (χ4v) is 2.54. The second-order valence-electron chi connectivity index (χ2n) is 4.62. The Hall–Kier alpha value is -0.580. The number of carbonyl (C=O) groups excluding carboxylic acids is 1. The molecule has 1 amide bonds. The number of carbonyl (C=O) groups is 2. The number of rotatable bonds is 8. The van der Waals surface area contributed by atoms with Crippen LogP contribution in [-0.4, -0.2) is 40.3 Å². The smallest absolute Gasteiger partial charge is 0.303 e. The lowest BCUT2D eigenvalue weighted by atomic mass is 10.1. The van der Waals surface area contributed by atoms with Gasteiger partial charge in [0.2, 0.25) is 5.91 Å². The summed E-state index contributed by atoms with van der Waals surface area (Å²) in [5.74, 6) is 0.00868. The Morgan fingerprint density at radius 1 is 1.35 bits per heavy atom. The Bertz CT molecular complexity index is 270. The third-order valence-electron chi connectivity index (χ3n) is 3.08. The van der Waals surface area contributed by atoms with Crippen molar-refractivity contribution in [1.29, 1.82) is 0 Å². The van der Waals surface area contributed by atoms with Gasteiger partial charge in [0, 0.05) is 31.3 Å². The van der Waals surface area contributed by atoms with Crippen molar-refractivity contribution in [3.05, 3.63) is 0 Å². The van der Waals surface area contributed by atoms with Crippen LogP contribution in [-0.2, 0) is 9.59 Å². The summed E-state index contributed by atoms with van der Waals surface area (Å²) in [5.41, 5.74) is 0. The van der Waals surface area contributed by atoms with E-state index in [-0.39, 0.29) is 12.3 Å². The van der Waals surface area contributed by atoms with Crippen LogP contribution in [0, 0.1) is 5.92 Å². The van der Waals surface area contributed by atoms with E-state index in [1.165, 1.54) is 0 Å². The van der Waals surface area contributed by atoms with Gasteiger partial charge >= 0.3 is 5.97 Å². The molecule has 5 heteroatoms. The van der Waals surface area contributed by atoms with Crippen molar-refractivity contribution in [3.8, 4) is 0 Å². The molecule has 1 fully saturated rings. The number of hydrogen-bond donors (Lipinski definition) is 1. The van der Waals surface area contributed by atoms with E-state index >= 15 is 0 Å². The first kappa shape index (κ1) is 14.5. The minimum absolute atomic E-state index is 0.258. The van der Waals surface area contributed by atoms with Crippen molar-refractivity contribution < 1.29 is 14.7 Å². The van der Waals surface area contributed by atoms with E-state index in [2.05, 4.69) is 15.9 Å². The van der Waals surface area contributed by atoms with Crippen LogP contribution < -0.4 is 0 Å². The molecule has 0 aromatic carbocycles. The number of likely N-dealkylation sites (tertiary alicyclic amines) is 1. The fourth-order valence-electron chi connectivity index (χ4n) is 2.11. The van der Waals surface area contributed by atoms with Gasteiger partial charge in [0.05, 0.1) is 0 Å². The second kappa shape index (κ2) is 7.69. The largest absolute Gasteiger partial charge is 0.481 e. The molecule has 0 bridgehead atoms. The summed E-state index contributed by atoms with van der Waals surface area (Å²) in [4.78, 5) is 23.8. The van der Waals surface area contributed by atoms with Crippen LogP contribution in [0.3, 0.4) is 0 Å². The topological polar surface area (TPSA) is 57.6 Å². The van der Waals surface area contributed by atoms with E-state index in [0.29, 0.717) is 12.3 Å². The molecular formula is C12H20BrNO3. The maximum atomic E-state index is 11.6. The predicted molar refractivity (Wildman–Crippen MR) is 69.2 cm³/mol. The molecule has 0 radical (unpaired) electrons. The third kappa shape index (κ3) is 5.52. The molecule has 1 heterocycles. The average Bonchev–Trinajstić information content (AvgIpc) is 2.64. The number of unbranched alkanes of at least 4 members (excludes halogenated alkanes) is 3. The number of carboxylic acids is 1. The summed E-state index contributed by atoms with van der Waals surface area (Å²) in [7, 11) is 0. The zero-order chi connectivity index (χ0) is 12.7. The molecule has 4 nitrogen and oxygen atoms in total. The van der Waals surface area contributed by atoms with Gasteiger partial charge in [-0.05, 0) is 18.8 Å². The standard InChI is InChI=1S/C12H20BrNO3/c13-8-10-7-11(15)14(9-10)6-4-2-1-3-5-12(16)17/h10H,1-9H2,(H,16,17). The van der Waals surface area contributed by atoms with E-state index in [9.17, 15) is 9.59 Å². The van der Waals surface area contributed by atoms with Gasteiger partial charge < -0.3 is 10.0 Å². The molecule has 1 N–H and O–H groups in total. The number of amides is 1. The molecule has 17 heavy (non-hydrogen) atoms. The molecule has 0 spiro atoms. The fraction of sp³-hybridized carbons (Fsp3) is 0.833. The highest BCUT2D eigenvalue weighted by molar-refractivity contribution is 9.09. The molecule has 98 valence electrons.